The zero-order valence-electron chi connectivity index (χ0n) is 5.51. The van der Waals surface area contributed by atoms with Gasteiger partial charge in [0.15, 0.2) is 5.52 Å². The molecule has 0 spiro atoms. The topological polar surface area (TPSA) is 115 Å². The van der Waals surface area contributed by atoms with Crippen LogP contribution in [0.15, 0.2) is 14.1 Å². The lowest BCUT2D eigenvalue weighted by Gasteiger charge is -1.63. The summed E-state index contributed by atoms with van der Waals surface area (Å²) in [5, 5.41) is 15.2. The van der Waals surface area contributed by atoms with Crippen LogP contribution in [-0.4, -0.2) is 25.8 Å². The van der Waals surface area contributed by atoms with E-state index in [2.05, 4.69) is 30.3 Å². The molecule has 0 saturated carbocycles. The summed E-state index contributed by atoms with van der Waals surface area (Å²) in [6.45, 7) is 0. The van der Waals surface area contributed by atoms with Gasteiger partial charge in [0.05, 0.1) is 0 Å². The summed E-state index contributed by atoms with van der Waals surface area (Å²) in [5.41, 5.74) is -2.26. The highest BCUT2D eigenvalue weighted by molar-refractivity contribution is 5.66. The second-order valence-corrected chi connectivity index (χ2v) is 1.89. The second-order valence-electron chi connectivity index (χ2n) is 1.89. The van der Waals surface area contributed by atoms with Crippen LogP contribution >= 0.6 is 0 Å². The SMILES string of the molecule is O=c1onnc2n[nH]nc2c1=O. The molecule has 0 saturated heterocycles. The third-order valence-corrected chi connectivity index (χ3v) is 1.19. The maximum atomic E-state index is 11.0. The van der Waals surface area contributed by atoms with E-state index in [-0.39, 0.29) is 11.2 Å². The number of nitrogens with one attached hydrogen (secondary N) is 1. The minimum absolute atomic E-state index is 0.0501. The van der Waals surface area contributed by atoms with Crippen LogP contribution in [-0.2, 0) is 0 Å². The van der Waals surface area contributed by atoms with Gasteiger partial charge < -0.3 is 0 Å². The van der Waals surface area contributed by atoms with E-state index in [9.17, 15) is 9.59 Å². The molecule has 60 valence electrons. The smallest absolute Gasteiger partial charge is 0.290 e. The number of aromatic nitrogens is 5. The first kappa shape index (κ1) is 6.58. The quantitative estimate of drug-likeness (QED) is 0.454. The van der Waals surface area contributed by atoms with Gasteiger partial charge in [0.25, 0.3) is 5.43 Å². The molecule has 0 aliphatic carbocycles. The van der Waals surface area contributed by atoms with E-state index >= 15 is 0 Å². The molecule has 2 aromatic rings. The molecule has 0 bridgehead atoms. The van der Waals surface area contributed by atoms with E-state index in [1.807, 2.05) is 0 Å². The molecule has 2 rings (SSSR count). The highest BCUT2D eigenvalue weighted by Crippen LogP contribution is 1.89. The van der Waals surface area contributed by atoms with Gasteiger partial charge in [-0.05, 0) is 0 Å². The molecule has 1 N–H and O–H groups in total. The fourth-order valence-electron chi connectivity index (χ4n) is 0.682. The lowest BCUT2D eigenvalue weighted by molar-refractivity contribution is 0.342. The summed E-state index contributed by atoms with van der Waals surface area (Å²) in [5.74, 6) is 0. The highest BCUT2D eigenvalue weighted by Gasteiger charge is 2.06. The molecular formula is C4HN5O3. The van der Waals surface area contributed by atoms with Crippen molar-refractivity contribution >= 4 is 11.2 Å². The first-order valence-corrected chi connectivity index (χ1v) is 2.86. The first-order valence-electron chi connectivity index (χ1n) is 2.86. The number of rotatable bonds is 0. The lowest BCUT2D eigenvalue weighted by atomic mass is 10.5. The molecule has 2 aromatic heterocycles. The van der Waals surface area contributed by atoms with E-state index in [1.54, 1.807) is 0 Å². The Labute approximate surface area is 63.2 Å². The van der Waals surface area contributed by atoms with Crippen LogP contribution in [0.5, 0.6) is 0 Å². The van der Waals surface area contributed by atoms with Crippen LogP contribution in [0.3, 0.4) is 0 Å². The number of hydrogen-bond donors (Lipinski definition) is 1. The van der Waals surface area contributed by atoms with E-state index in [0.717, 1.165) is 0 Å². The summed E-state index contributed by atoms with van der Waals surface area (Å²) in [7, 11) is 0. The zero-order chi connectivity index (χ0) is 8.55. The van der Waals surface area contributed by atoms with Crippen LogP contribution in [0.4, 0.5) is 0 Å². The molecule has 0 aliphatic rings. The molecule has 12 heavy (non-hydrogen) atoms. The maximum absolute atomic E-state index is 11.0. The summed E-state index contributed by atoms with van der Waals surface area (Å²) in [4.78, 5) is 21.6. The number of fused-ring (bicyclic) bond motifs is 1. The molecule has 8 nitrogen and oxygen atoms in total. The fraction of sp³-hybridized carbons (Fsp3) is 0. The Morgan fingerprint density at radius 3 is 2.92 bits per heavy atom. The molecule has 8 heteroatoms. The highest BCUT2D eigenvalue weighted by atomic mass is 16.5. The fourth-order valence-corrected chi connectivity index (χ4v) is 0.682. The van der Waals surface area contributed by atoms with Crippen molar-refractivity contribution in [2.45, 2.75) is 0 Å². The van der Waals surface area contributed by atoms with E-state index in [1.165, 1.54) is 0 Å². The Hall–Kier alpha value is -2.12. The van der Waals surface area contributed by atoms with Gasteiger partial charge in [-0.2, -0.15) is 5.21 Å². The average molecular weight is 167 g/mol. The predicted molar refractivity (Wildman–Crippen MR) is 34.3 cm³/mol. The summed E-state index contributed by atoms with van der Waals surface area (Å²) in [6, 6.07) is 0. The third kappa shape index (κ3) is 0.779. The second kappa shape index (κ2) is 2.19. The van der Waals surface area contributed by atoms with Crippen molar-refractivity contribution < 1.29 is 4.52 Å². The number of aromatic amines is 1. The van der Waals surface area contributed by atoms with Gasteiger partial charge in [-0.25, -0.2) is 4.79 Å². The number of H-pyrrole nitrogens is 1. The van der Waals surface area contributed by atoms with Gasteiger partial charge in [0.2, 0.25) is 5.65 Å². The standard InChI is InChI=1S/C4HN5O3/c10-2-1-3(6-8-5-1)7-9-12-4(2)11/h(H,5,6,8). The van der Waals surface area contributed by atoms with Crippen molar-refractivity contribution in [1.29, 1.82) is 0 Å². The van der Waals surface area contributed by atoms with Crippen LogP contribution in [0.25, 0.3) is 11.2 Å². The third-order valence-electron chi connectivity index (χ3n) is 1.19. The van der Waals surface area contributed by atoms with Gasteiger partial charge >= 0.3 is 5.63 Å². The molecule has 0 atom stereocenters. The van der Waals surface area contributed by atoms with Crippen molar-refractivity contribution in [1.82, 2.24) is 25.8 Å². The monoisotopic (exact) mass is 167 g/mol. The molecule has 0 amide bonds. The van der Waals surface area contributed by atoms with Crippen LogP contribution in [0, 0.1) is 0 Å². The average Bonchev–Trinajstić information content (AvgIpc) is 2.46. The largest absolute Gasteiger partial charge is 0.409 e. The Bertz CT molecular complexity index is 528. The predicted octanol–water partition coefficient (Wildman–Crippen LogP) is -1.94. The zero-order valence-corrected chi connectivity index (χ0v) is 5.51. The lowest BCUT2D eigenvalue weighted by Crippen LogP contribution is -2.20. The molecule has 0 unspecified atom stereocenters. The Kier molecular flexibility index (Phi) is 1.20. The van der Waals surface area contributed by atoms with Crippen LogP contribution in [0.1, 0.15) is 0 Å². The van der Waals surface area contributed by atoms with Crippen LogP contribution in [0.2, 0.25) is 0 Å². The van der Waals surface area contributed by atoms with Crippen molar-refractivity contribution in [2.75, 3.05) is 0 Å². The Morgan fingerprint density at radius 1 is 1.25 bits per heavy atom. The minimum Gasteiger partial charge on any atom is -0.290 e. The maximum Gasteiger partial charge on any atom is 0.409 e. The van der Waals surface area contributed by atoms with Gasteiger partial charge in [-0.3, -0.25) is 9.32 Å². The van der Waals surface area contributed by atoms with Crippen molar-refractivity contribution in [2.24, 2.45) is 0 Å². The molecule has 2 heterocycles. The Morgan fingerprint density at radius 2 is 2.08 bits per heavy atom. The van der Waals surface area contributed by atoms with E-state index in [4.69, 9.17) is 0 Å². The van der Waals surface area contributed by atoms with E-state index in [0.29, 0.717) is 0 Å². The summed E-state index contributed by atoms with van der Waals surface area (Å²) >= 11 is 0. The molecule has 0 aliphatic heterocycles. The number of hydrogen-bond acceptors (Lipinski definition) is 7. The number of nitrogens with zero attached hydrogens (tertiary/aromatic N) is 4. The molecule has 0 aromatic carbocycles. The van der Waals surface area contributed by atoms with Gasteiger partial charge in [-0.1, -0.05) is 5.10 Å². The molecule has 0 radical (unpaired) electrons. The van der Waals surface area contributed by atoms with E-state index < -0.39 is 11.1 Å². The molecule has 0 fully saturated rings. The van der Waals surface area contributed by atoms with Gasteiger partial charge in [0, 0.05) is 5.27 Å². The normalized spacial score (nSPS) is 10.3. The molecular weight excluding hydrogens is 166 g/mol. The van der Waals surface area contributed by atoms with Crippen molar-refractivity contribution in [3.63, 3.8) is 0 Å². The summed E-state index contributed by atoms with van der Waals surface area (Å²) in [6.07, 6.45) is 0. The van der Waals surface area contributed by atoms with Gasteiger partial charge in [-0.15, -0.1) is 10.2 Å². The first-order chi connectivity index (χ1) is 5.79. The van der Waals surface area contributed by atoms with Crippen LogP contribution < -0.4 is 11.1 Å². The Balaban J connectivity index is 3.19. The minimum atomic E-state index is -1.12. The van der Waals surface area contributed by atoms with Crippen molar-refractivity contribution in [3.8, 4) is 0 Å². The van der Waals surface area contributed by atoms with Crippen molar-refractivity contribution in [3.05, 3.63) is 20.6 Å². The summed E-state index contributed by atoms with van der Waals surface area (Å²) < 4.78 is 4.03. The van der Waals surface area contributed by atoms with Gasteiger partial charge in [0.1, 0.15) is 0 Å².